The van der Waals surface area contributed by atoms with Crippen molar-refractivity contribution in [1.82, 2.24) is 14.5 Å². The fourth-order valence-electron chi connectivity index (χ4n) is 3.86. The van der Waals surface area contributed by atoms with Crippen LogP contribution in [-0.2, 0) is 21.7 Å². The summed E-state index contributed by atoms with van der Waals surface area (Å²) in [6.07, 6.45) is 3.90. The van der Waals surface area contributed by atoms with Crippen molar-refractivity contribution < 1.29 is 19.0 Å². The van der Waals surface area contributed by atoms with E-state index in [1.54, 1.807) is 23.2 Å². The van der Waals surface area contributed by atoms with Crippen LogP contribution in [-0.4, -0.2) is 45.2 Å². The molecule has 2 aliphatic rings. The van der Waals surface area contributed by atoms with Crippen molar-refractivity contribution in [3.05, 3.63) is 53.9 Å². The number of carbonyl (C=O) groups is 1. The zero-order valence-electron chi connectivity index (χ0n) is 14.6. The molecule has 2 aromatic rings. The van der Waals surface area contributed by atoms with E-state index in [1.807, 2.05) is 17.7 Å². The number of hydrogen-bond donors (Lipinski definition) is 1. The van der Waals surface area contributed by atoms with Gasteiger partial charge in [0.05, 0.1) is 19.0 Å². The number of amides is 1. The van der Waals surface area contributed by atoms with Gasteiger partial charge in [0, 0.05) is 25.5 Å². The SMILES string of the molecule is CCn1ccnc1[C@@H]1OCC[C@H]1C(=O)N1CC(O)(c2ccc(F)cc2)C1. The van der Waals surface area contributed by atoms with Gasteiger partial charge in [0.25, 0.3) is 0 Å². The van der Waals surface area contributed by atoms with Gasteiger partial charge >= 0.3 is 0 Å². The maximum atomic E-state index is 13.1. The molecule has 2 fully saturated rings. The Bertz CT molecular complexity index is 799. The lowest BCUT2D eigenvalue weighted by atomic mass is 9.84. The van der Waals surface area contributed by atoms with Gasteiger partial charge in [0.2, 0.25) is 5.91 Å². The molecule has 26 heavy (non-hydrogen) atoms. The van der Waals surface area contributed by atoms with Crippen molar-refractivity contribution in [3.63, 3.8) is 0 Å². The Morgan fingerprint density at radius 1 is 1.38 bits per heavy atom. The molecule has 1 aromatic carbocycles. The Hall–Kier alpha value is -2.25. The lowest BCUT2D eigenvalue weighted by Crippen LogP contribution is -2.62. The number of likely N-dealkylation sites (tertiary alicyclic amines) is 1. The summed E-state index contributed by atoms with van der Waals surface area (Å²) in [5, 5.41) is 10.7. The summed E-state index contributed by atoms with van der Waals surface area (Å²) in [5.74, 6) is 0.116. The molecule has 1 amide bonds. The van der Waals surface area contributed by atoms with E-state index < -0.39 is 5.60 Å². The van der Waals surface area contributed by atoms with Crippen molar-refractivity contribution in [2.24, 2.45) is 5.92 Å². The van der Waals surface area contributed by atoms with Crippen LogP contribution in [0.25, 0.3) is 0 Å². The average Bonchev–Trinajstić information content (AvgIpc) is 3.27. The molecule has 0 spiro atoms. The number of ether oxygens (including phenoxy) is 1. The maximum absolute atomic E-state index is 13.1. The number of rotatable bonds is 4. The maximum Gasteiger partial charge on any atom is 0.229 e. The Balaban J connectivity index is 1.46. The highest BCUT2D eigenvalue weighted by molar-refractivity contribution is 5.81. The minimum absolute atomic E-state index is 0.0232. The van der Waals surface area contributed by atoms with Gasteiger partial charge in [-0.3, -0.25) is 4.79 Å². The Kier molecular flexibility index (Phi) is 4.28. The number of benzene rings is 1. The predicted octanol–water partition coefficient (Wildman–Crippen LogP) is 1.85. The molecule has 0 radical (unpaired) electrons. The van der Waals surface area contributed by atoms with E-state index in [2.05, 4.69) is 4.98 Å². The van der Waals surface area contributed by atoms with E-state index in [4.69, 9.17) is 4.74 Å². The number of β-amino-alcohol motifs (C(OH)–C–C–N with tert-alkyl or cyclic N) is 1. The summed E-state index contributed by atoms with van der Waals surface area (Å²) in [6, 6.07) is 5.78. The second kappa shape index (κ2) is 6.48. The summed E-state index contributed by atoms with van der Waals surface area (Å²) < 4.78 is 20.9. The molecule has 0 saturated carbocycles. The summed E-state index contributed by atoms with van der Waals surface area (Å²) in [6.45, 7) is 3.73. The minimum atomic E-state index is -1.11. The largest absolute Gasteiger partial charge is 0.381 e. The third-order valence-electron chi connectivity index (χ3n) is 5.35. The monoisotopic (exact) mass is 359 g/mol. The van der Waals surface area contributed by atoms with Crippen LogP contribution in [0.3, 0.4) is 0 Å². The van der Waals surface area contributed by atoms with Crippen molar-refractivity contribution in [1.29, 1.82) is 0 Å². The standard InChI is InChI=1S/C19H22FN3O3/c1-2-22-9-8-21-17(22)16-15(7-10-26-16)18(24)23-11-19(25,12-23)13-3-5-14(20)6-4-13/h3-6,8-9,15-16,25H,2,7,10-12H2,1H3/t15-,16-/m1/s1. The number of aromatic nitrogens is 2. The van der Waals surface area contributed by atoms with E-state index in [0.717, 1.165) is 12.4 Å². The van der Waals surface area contributed by atoms with Crippen LogP contribution in [0.15, 0.2) is 36.7 Å². The first-order valence-corrected chi connectivity index (χ1v) is 8.91. The van der Waals surface area contributed by atoms with Gasteiger partial charge in [-0.15, -0.1) is 0 Å². The van der Waals surface area contributed by atoms with Crippen LogP contribution in [0.4, 0.5) is 4.39 Å². The smallest absolute Gasteiger partial charge is 0.229 e. The zero-order chi connectivity index (χ0) is 18.3. The lowest BCUT2D eigenvalue weighted by molar-refractivity contribution is -0.163. The molecule has 4 rings (SSSR count). The van der Waals surface area contributed by atoms with Gasteiger partial charge in [0.15, 0.2) is 0 Å². The topological polar surface area (TPSA) is 67.6 Å². The summed E-state index contributed by atoms with van der Waals surface area (Å²) in [7, 11) is 0. The third-order valence-corrected chi connectivity index (χ3v) is 5.35. The van der Waals surface area contributed by atoms with Gasteiger partial charge in [-0.1, -0.05) is 12.1 Å². The molecular formula is C19H22FN3O3. The number of nitrogens with zero attached hydrogens (tertiary/aromatic N) is 3. The normalized spacial score (nSPS) is 24.5. The molecule has 0 unspecified atom stereocenters. The van der Waals surface area contributed by atoms with Gasteiger partial charge in [-0.05, 0) is 31.0 Å². The number of hydrogen-bond acceptors (Lipinski definition) is 4. The van der Waals surface area contributed by atoms with E-state index in [1.165, 1.54) is 12.1 Å². The highest BCUT2D eigenvalue weighted by Gasteiger charge is 2.49. The molecule has 0 aliphatic carbocycles. The second-order valence-electron chi connectivity index (χ2n) is 6.99. The molecular weight excluding hydrogens is 337 g/mol. The first-order valence-electron chi connectivity index (χ1n) is 8.91. The molecule has 2 saturated heterocycles. The molecule has 6 nitrogen and oxygen atoms in total. The van der Waals surface area contributed by atoms with Crippen LogP contribution >= 0.6 is 0 Å². The van der Waals surface area contributed by atoms with E-state index in [-0.39, 0.29) is 36.8 Å². The summed E-state index contributed by atoms with van der Waals surface area (Å²) in [5.41, 5.74) is -0.482. The number of imidazole rings is 1. The van der Waals surface area contributed by atoms with Gasteiger partial charge in [0.1, 0.15) is 23.3 Å². The lowest BCUT2D eigenvalue weighted by Gasteiger charge is -2.47. The van der Waals surface area contributed by atoms with Crippen LogP contribution in [0, 0.1) is 11.7 Å². The van der Waals surface area contributed by atoms with Crippen molar-refractivity contribution in [3.8, 4) is 0 Å². The predicted molar refractivity (Wildman–Crippen MR) is 91.6 cm³/mol. The van der Waals surface area contributed by atoms with E-state index >= 15 is 0 Å². The van der Waals surface area contributed by atoms with Crippen LogP contribution in [0.1, 0.15) is 30.8 Å². The van der Waals surface area contributed by atoms with E-state index in [9.17, 15) is 14.3 Å². The Morgan fingerprint density at radius 3 is 2.81 bits per heavy atom. The fraction of sp³-hybridized carbons (Fsp3) is 0.474. The van der Waals surface area contributed by atoms with Crippen LogP contribution in [0.2, 0.25) is 0 Å². The fourth-order valence-corrected chi connectivity index (χ4v) is 3.86. The average molecular weight is 359 g/mol. The molecule has 2 atom stereocenters. The van der Waals surface area contributed by atoms with Gasteiger partial charge in [-0.25, -0.2) is 9.37 Å². The van der Waals surface area contributed by atoms with Crippen molar-refractivity contribution in [2.75, 3.05) is 19.7 Å². The Morgan fingerprint density at radius 2 is 2.12 bits per heavy atom. The second-order valence-corrected chi connectivity index (χ2v) is 6.99. The first-order chi connectivity index (χ1) is 12.5. The van der Waals surface area contributed by atoms with Gasteiger partial charge in [-0.2, -0.15) is 0 Å². The molecule has 1 N–H and O–H groups in total. The number of aliphatic hydroxyl groups is 1. The minimum Gasteiger partial charge on any atom is -0.381 e. The first kappa shape index (κ1) is 17.2. The zero-order valence-corrected chi connectivity index (χ0v) is 14.6. The summed E-state index contributed by atoms with van der Waals surface area (Å²) >= 11 is 0. The molecule has 2 aliphatic heterocycles. The number of aryl methyl sites for hydroxylation is 1. The van der Waals surface area contributed by atoms with Crippen LogP contribution < -0.4 is 0 Å². The summed E-state index contributed by atoms with van der Waals surface area (Å²) in [4.78, 5) is 19.0. The molecule has 7 heteroatoms. The van der Waals surface area contributed by atoms with E-state index in [0.29, 0.717) is 18.6 Å². The quantitative estimate of drug-likeness (QED) is 0.905. The number of halogens is 1. The highest BCUT2D eigenvalue weighted by atomic mass is 19.1. The molecule has 0 bridgehead atoms. The molecule has 3 heterocycles. The molecule has 1 aromatic heterocycles. The molecule has 138 valence electrons. The van der Waals surface area contributed by atoms with Crippen LogP contribution in [0.5, 0.6) is 0 Å². The highest BCUT2D eigenvalue weighted by Crippen LogP contribution is 2.39. The number of carbonyl (C=O) groups excluding carboxylic acids is 1. The van der Waals surface area contributed by atoms with Gasteiger partial charge < -0.3 is 19.3 Å². The van der Waals surface area contributed by atoms with Crippen molar-refractivity contribution >= 4 is 5.91 Å². The third kappa shape index (κ3) is 2.81. The Labute approximate surface area is 151 Å². The van der Waals surface area contributed by atoms with Crippen molar-refractivity contribution in [2.45, 2.75) is 31.6 Å².